The van der Waals surface area contributed by atoms with E-state index in [4.69, 9.17) is 5.73 Å². The van der Waals surface area contributed by atoms with Crippen molar-refractivity contribution in [1.82, 2.24) is 0 Å². The lowest BCUT2D eigenvalue weighted by Crippen LogP contribution is -2.24. The van der Waals surface area contributed by atoms with Gasteiger partial charge in [0.15, 0.2) is 0 Å². The molecule has 0 saturated carbocycles. The smallest absolute Gasteiger partial charge is 0.0429 e. The molecule has 0 amide bonds. The molecule has 0 fully saturated rings. The van der Waals surface area contributed by atoms with Crippen molar-refractivity contribution < 1.29 is 0 Å². The van der Waals surface area contributed by atoms with Crippen LogP contribution in [0, 0.1) is 0 Å². The van der Waals surface area contributed by atoms with E-state index in [0.717, 1.165) is 13.1 Å². The number of benzene rings is 2. The fourth-order valence-corrected chi connectivity index (χ4v) is 3.07. The minimum absolute atomic E-state index is 0.581. The van der Waals surface area contributed by atoms with Crippen LogP contribution < -0.4 is 10.6 Å². The molecule has 0 heterocycles. The molecule has 2 N–H and O–H groups in total. The van der Waals surface area contributed by atoms with Crippen molar-refractivity contribution >= 4 is 17.4 Å². The Bertz CT molecular complexity index is 540. The molecule has 0 radical (unpaired) electrons. The second-order valence-corrected chi connectivity index (χ2v) is 5.51. The maximum absolute atomic E-state index is 5.97. The van der Waals surface area contributed by atoms with Gasteiger partial charge < -0.3 is 10.6 Å². The zero-order chi connectivity index (χ0) is 14.4. The highest BCUT2D eigenvalue weighted by Crippen LogP contribution is 2.30. The number of hydrogen-bond acceptors (Lipinski definition) is 3. The van der Waals surface area contributed by atoms with Gasteiger partial charge in [-0.15, -0.1) is 11.8 Å². The zero-order valence-electron chi connectivity index (χ0n) is 12.2. The largest absolute Gasteiger partial charge is 0.367 e. The Morgan fingerprint density at radius 1 is 1.05 bits per heavy atom. The molecule has 0 aromatic heterocycles. The van der Waals surface area contributed by atoms with Crippen molar-refractivity contribution in [1.29, 1.82) is 0 Å². The van der Waals surface area contributed by atoms with Crippen molar-refractivity contribution in [2.45, 2.75) is 24.9 Å². The van der Waals surface area contributed by atoms with Crippen LogP contribution in [0.5, 0.6) is 0 Å². The first-order chi connectivity index (χ1) is 9.80. The summed E-state index contributed by atoms with van der Waals surface area (Å²) in [4.78, 5) is 3.66. The molecule has 0 aliphatic heterocycles. The molecule has 20 heavy (non-hydrogen) atoms. The zero-order valence-corrected chi connectivity index (χ0v) is 13.0. The topological polar surface area (TPSA) is 29.3 Å². The van der Waals surface area contributed by atoms with Crippen LogP contribution >= 0.6 is 11.8 Å². The Balaban J connectivity index is 2.32. The monoisotopic (exact) mass is 286 g/mol. The van der Waals surface area contributed by atoms with Gasteiger partial charge in [-0.05, 0) is 30.9 Å². The van der Waals surface area contributed by atoms with Gasteiger partial charge in [-0.2, -0.15) is 0 Å². The van der Waals surface area contributed by atoms with Gasteiger partial charge >= 0.3 is 0 Å². The first-order valence-electron chi connectivity index (χ1n) is 6.95. The highest BCUT2D eigenvalue weighted by molar-refractivity contribution is 7.98. The molecule has 0 saturated heterocycles. The fraction of sp³-hybridized carbons (Fsp3) is 0.294. The standard InChI is InChI=1S/C17H22N2S/c1-3-19(13-14-8-5-4-6-9-14)16-10-7-11-17(20-2)15(16)12-18/h4-11H,3,12-13,18H2,1-2H3. The summed E-state index contributed by atoms with van der Waals surface area (Å²) in [5, 5.41) is 0. The SMILES string of the molecule is CCN(Cc1ccccc1)c1cccc(SC)c1CN. The van der Waals surface area contributed by atoms with Crippen molar-refractivity contribution in [3.8, 4) is 0 Å². The van der Waals surface area contributed by atoms with Crippen LogP contribution in [-0.4, -0.2) is 12.8 Å². The summed E-state index contributed by atoms with van der Waals surface area (Å²) >= 11 is 1.76. The van der Waals surface area contributed by atoms with E-state index < -0.39 is 0 Å². The lowest BCUT2D eigenvalue weighted by atomic mass is 10.1. The van der Waals surface area contributed by atoms with Gasteiger partial charge in [-0.3, -0.25) is 0 Å². The van der Waals surface area contributed by atoms with Gasteiger partial charge in [0.1, 0.15) is 0 Å². The van der Waals surface area contributed by atoms with E-state index in [2.05, 4.69) is 66.6 Å². The number of nitrogens with zero attached hydrogens (tertiary/aromatic N) is 1. The quantitative estimate of drug-likeness (QED) is 0.817. The van der Waals surface area contributed by atoms with Gasteiger partial charge in [-0.1, -0.05) is 36.4 Å². The van der Waals surface area contributed by atoms with Crippen LogP contribution in [0.1, 0.15) is 18.1 Å². The van der Waals surface area contributed by atoms with Crippen LogP contribution in [0.3, 0.4) is 0 Å². The van der Waals surface area contributed by atoms with Crippen LogP contribution in [-0.2, 0) is 13.1 Å². The average molecular weight is 286 g/mol. The lowest BCUT2D eigenvalue weighted by molar-refractivity contribution is 0.817. The number of hydrogen-bond donors (Lipinski definition) is 1. The van der Waals surface area contributed by atoms with Crippen molar-refractivity contribution in [3.05, 3.63) is 59.7 Å². The minimum atomic E-state index is 0.581. The van der Waals surface area contributed by atoms with E-state index in [-0.39, 0.29) is 0 Å². The van der Waals surface area contributed by atoms with Crippen LogP contribution in [0.15, 0.2) is 53.4 Å². The highest BCUT2D eigenvalue weighted by Gasteiger charge is 2.12. The number of anilines is 1. The summed E-state index contributed by atoms with van der Waals surface area (Å²) in [6.45, 7) is 4.66. The van der Waals surface area contributed by atoms with E-state index in [1.54, 1.807) is 11.8 Å². The third-order valence-electron chi connectivity index (χ3n) is 3.47. The highest BCUT2D eigenvalue weighted by atomic mass is 32.2. The van der Waals surface area contributed by atoms with Crippen LogP contribution in [0.25, 0.3) is 0 Å². The molecule has 2 aromatic carbocycles. The van der Waals surface area contributed by atoms with E-state index in [1.807, 2.05) is 0 Å². The number of rotatable bonds is 6. The molecule has 0 atom stereocenters. The number of nitrogens with two attached hydrogens (primary N) is 1. The van der Waals surface area contributed by atoms with E-state index in [1.165, 1.54) is 21.7 Å². The van der Waals surface area contributed by atoms with Gasteiger partial charge in [0.2, 0.25) is 0 Å². The molecule has 2 nitrogen and oxygen atoms in total. The minimum Gasteiger partial charge on any atom is -0.367 e. The molecule has 3 heteroatoms. The maximum atomic E-state index is 5.97. The molecule has 2 aromatic rings. The Morgan fingerprint density at radius 2 is 1.80 bits per heavy atom. The van der Waals surface area contributed by atoms with Crippen molar-refractivity contribution in [2.24, 2.45) is 5.73 Å². The molecule has 0 spiro atoms. The molecule has 0 bridgehead atoms. The molecule has 2 rings (SSSR count). The predicted octanol–water partition coefficient (Wildman–Crippen LogP) is 3.89. The van der Waals surface area contributed by atoms with E-state index in [0.29, 0.717) is 6.54 Å². The van der Waals surface area contributed by atoms with E-state index >= 15 is 0 Å². The molecular weight excluding hydrogens is 264 g/mol. The van der Waals surface area contributed by atoms with Crippen LogP contribution in [0.2, 0.25) is 0 Å². The third-order valence-corrected chi connectivity index (χ3v) is 4.29. The summed E-state index contributed by atoms with van der Waals surface area (Å²) in [5.41, 5.74) is 9.80. The Kier molecular flexibility index (Phi) is 5.50. The van der Waals surface area contributed by atoms with Gasteiger partial charge in [0, 0.05) is 35.8 Å². The van der Waals surface area contributed by atoms with Crippen molar-refractivity contribution in [2.75, 3.05) is 17.7 Å². The molecule has 0 aliphatic rings. The van der Waals surface area contributed by atoms with Gasteiger partial charge in [0.25, 0.3) is 0 Å². The first kappa shape index (κ1) is 14.9. The molecule has 0 unspecified atom stereocenters. The summed E-state index contributed by atoms with van der Waals surface area (Å²) in [6.07, 6.45) is 2.10. The fourth-order valence-electron chi connectivity index (χ4n) is 2.42. The second-order valence-electron chi connectivity index (χ2n) is 4.66. The lowest BCUT2D eigenvalue weighted by Gasteiger charge is -2.26. The summed E-state index contributed by atoms with van der Waals surface area (Å²) in [5.74, 6) is 0. The Morgan fingerprint density at radius 3 is 2.40 bits per heavy atom. The summed E-state index contributed by atoms with van der Waals surface area (Å²) in [7, 11) is 0. The molecule has 0 aliphatic carbocycles. The van der Waals surface area contributed by atoms with Gasteiger partial charge in [-0.25, -0.2) is 0 Å². The van der Waals surface area contributed by atoms with Gasteiger partial charge in [0.05, 0.1) is 0 Å². The molecular formula is C17H22N2S. The summed E-state index contributed by atoms with van der Waals surface area (Å²) < 4.78 is 0. The number of thioether (sulfide) groups is 1. The average Bonchev–Trinajstić information content (AvgIpc) is 2.52. The Labute approximate surface area is 126 Å². The van der Waals surface area contributed by atoms with E-state index in [9.17, 15) is 0 Å². The van der Waals surface area contributed by atoms with Crippen LogP contribution in [0.4, 0.5) is 5.69 Å². The normalized spacial score (nSPS) is 10.6. The third kappa shape index (κ3) is 3.35. The maximum Gasteiger partial charge on any atom is 0.0429 e. The van der Waals surface area contributed by atoms with Crippen molar-refractivity contribution in [3.63, 3.8) is 0 Å². The summed E-state index contributed by atoms with van der Waals surface area (Å²) in [6, 6.07) is 17.0. The predicted molar refractivity (Wildman–Crippen MR) is 89.3 cm³/mol. The molecule has 106 valence electrons. The Hall–Kier alpha value is -1.45. The first-order valence-corrected chi connectivity index (χ1v) is 8.17. The second kappa shape index (κ2) is 7.36.